The number of piperidine rings is 1. The molecule has 0 spiro atoms. The SMILES string of the molecule is CCCCCCc1cn(-c2ccc(OC(F)(F)F)c(CN3CCC([C@H]4CCc5ccc(C(C6CC6)C(C)C(=O)O)cc5O4)CC3)c2)nn1. The van der Waals surface area contributed by atoms with Crippen molar-refractivity contribution in [3.05, 3.63) is 65.0 Å². The number of halogens is 3. The van der Waals surface area contributed by atoms with Gasteiger partial charge in [0.1, 0.15) is 17.6 Å². The first kappa shape index (κ1) is 34.3. The highest BCUT2D eigenvalue weighted by Gasteiger charge is 2.40. The maximum absolute atomic E-state index is 13.3. The van der Waals surface area contributed by atoms with E-state index in [1.165, 1.54) is 12.5 Å². The number of aryl methyl sites for hydroxylation is 2. The number of rotatable bonds is 14. The predicted molar refractivity (Wildman–Crippen MR) is 175 cm³/mol. The minimum atomic E-state index is -4.79. The third kappa shape index (κ3) is 8.51. The summed E-state index contributed by atoms with van der Waals surface area (Å²) in [5, 5.41) is 18.3. The fourth-order valence-corrected chi connectivity index (χ4v) is 7.58. The van der Waals surface area contributed by atoms with Crippen LogP contribution < -0.4 is 9.47 Å². The molecular weight excluding hydrogens is 621 g/mol. The lowest BCUT2D eigenvalue weighted by molar-refractivity contribution is -0.275. The summed E-state index contributed by atoms with van der Waals surface area (Å²) < 4.78 is 52.7. The molecule has 0 amide bonds. The first-order valence-electron chi connectivity index (χ1n) is 17.6. The van der Waals surface area contributed by atoms with Gasteiger partial charge in [0.05, 0.1) is 23.5 Å². The number of nitrogens with zero attached hydrogens (tertiary/aromatic N) is 4. The van der Waals surface area contributed by atoms with Gasteiger partial charge in [-0.25, -0.2) is 4.68 Å². The van der Waals surface area contributed by atoms with Crippen LogP contribution in [-0.4, -0.2) is 56.5 Å². The molecule has 6 rings (SSSR count). The standard InChI is InChI=1S/C37H47F3N4O4/c1-3-4-5-6-7-30-23-44(42-41-30)31-13-15-33(48-37(38,39)40)29(20-31)22-43-18-16-26(17-19-43)32-14-12-25-8-11-28(21-34(25)47-32)35(27-9-10-27)24(2)36(45)46/h8,11,13,15,20-21,23-24,26-27,32,35H,3-7,9-10,12,14,16-19,22H2,1-2H3,(H,45,46)/t24?,32-,35?/m1/s1. The predicted octanol–water partition coefficient (Wildman–Crippen LogP) is 8.11. The normalized spacial score (nSPS) is 20.1. The summed E-state index contributed by atoms with van der Waals surface area (Å²) >= 11 is 0. The van der Waals surface area contributed by atoms with Crippen LogP contribution in [-0.2, 0) is 24.2 Å². The smallest absolute Gasteiger partial charge is 0.490 e. The second kappa shape index (κ2) is 14.9. The molecule has 1 aromatic heterocycles. The number of hydrogen-bond acceptors (Lipinski definition) is 6. The molecular formula is C37H47F3N4O4. The molecule has 0 radical (unpaired) electrons. The summed E-state index contributed by atoms with van der Waals surface area (Å²) in [6, 6.07) is 11.0. The van der Waals surface area contributed by atoms with E-state index < -0.39 is 18.2 Å². The molecule has 3 aromatic rings. The number of hydrogen-bond donors (Lipinski definition) is 1. The number of carboxylic acids is 1. The number of benzene rings is 2. The highest BCUT2D eigenvalue weighted by molar-refractivity contribution is 5.71. The van der Waals surface area contributed by atoms with Gasteiger partial charge in [0.25, 0.3) is 0 Å². The van der Waals surface area contributed by atoms with Crippen molar-refractivity contribution in [2.45, 2.75) is 109 Å². The summed E-state index contributed by atoms with van der Waals surface area (Å²) in [6.07, 6.45) is 8.13. The van der Waals surface area contributed by atoms with E-state index in [2.05, 4.69) is 45.1 Å². The molecule has 1 saturated carbocycles. The second-order valence-corrected chi connectivity index (χ2v) is 14.0. The molecule has 11 heteroatoms. The molecule has 3 aliphatic rings. The zero-order valence-electron chi connectivity index (χ0n) is 27.9. The Morgan fingerprint density at radius 2 is 1.85 bits per heavy atom. The number of unbranched alkanes of at least 4 members (excludes halogenated alkanes) is 3. The zero-order valence-corrected chi connectivity index (χ0v) is 27.9. The lowest BCUT2D eigenvalue weighted by Gasteiger charge is -2.38. The first-order chi connectivity index (χ1) is 23.1. The van der Waals surface area contributed by atoms with Crippen LogP contribution in [0.1, 0.15) is 99.9 Å². The monoisotopic (exact) mass is 668 g/mol. The highest BCUT2D eigenvalue weighted by Crippen LogP contribution is 2.48. The lowest BCUT2D eigenvalue weighted by Crippen LogP contribution is -2.40. The maximum atomic E-state index is 13.3. The molecule has 1 aliphatic carbocycles. The average Bonchev–Trinajstić information content (AvgIpc) is 3.78. The summed E-state index contributed by atoms with van der Waals surface area (Å²) in [5.41, 5.74) is 4.19. The van der Waals surface area contributed by atoms with Crippen LogP contribution in [0, 0.1) is 17.8 Å². The van der Waals surface area contributed by atoms with Crippen LogP contribution >= 0.6 is 0 Å². The van der Waals surface area contributed by atoms with Gasteiger partial charge in [0, 0.05) is 12.1 Å². The van der Waals surface area contributed by atoms with E-state index in [0.29, 0.717) is 29.6 Å². The van der Waals surface area contributed by atoms with Crippen molar-refractivity contribution in [2.75, 3.05) is 13.1 Å². The van der Waals surface area contributed by atoms with Crippen molar-refractivity contribution in [3.8, 4) is 17.2 Å². The summed E-state index contributed by atoms with van der Waals surface area (Å²) in [4.78, 5) is 14.0. The Labute approximate surface area is 280 Å². The van der Waals surface area contributed by atoms with E-state index in [9.17, 15) is 23.1 Å². The molecule has 1 saturated heterocycles. The van der Waals surface area contributed by atoms with E-state index in [4.69, 9.17) is 4.74 Å². The molecule has 2 aliphatic heterocycles. The Morgan fingerprint density at radius 3 is 2.56 bits per heavy atom. The molecule has 48 heavy (non-hydrogen) atoms. The van der Waals surface area contributed by atoms with Gasteiger partial charge >= 0.3 is 12.3 Å². The van der Waals surface area contributed by atoms with Crippen molar-refractivity contribution in [1.29, 1.82) is 0 Å². The van der Waals surface area contributed by atoms with E-state index in [1.54, 1.807) is 23.7 Å². The van der Waals surface area contributed by atoms with Crippen molar-refractivity contribution in [2.24, 2.45) is 17.8 Å². The van der Waals surface area contributed by atoms with Crippen LogP contribution in [0.3, 0.4) is 0 Å². The Kier molecular flexibility index (Phi) is 10.6. The fourth-order valence-electron chi connectivity index (χ4n) is 7.58. The molecule has 8 nitrogen and oxygen atoms in total. The van der Waals surface area contributed by atoms with Crippen molar-refractivity contribution < 1.29 is 32.5 Å². The number of fused-ring (bicyclic) bond motifs is 1. The molecule has 260 valence electrons. The number of aromatic nitrogens is 3. The quantitative estimate of drug-likeness (QED) is 0.174. The minimum absolute atomic E-state index is 0.00751. The molecule has 3 atom stereocenters. The molecule has 1 N–H and O–H groups in total. The van der Waals surface area contributed by atoms with Gasteiger partial charge < -0.3 is 14.6 Å². The van der Waals surface area contributed by atoms with Crippen LogP contribution in [0.2, 0.25) is 0 Å². The summed E-state index contributed by atoms with van der Waals surface area (Å²) in [6.45, 7) is 5.76. The van der Waals surface area contributed by atoms with E-state index >= 15 is 0 Å². The third-order valence-electron chi connectivity index (χ3n) is 10.4. The van der Waals surface area contributed by atoms with Gasteiger partial charge in [0.2, 0.25) is 0 Å². The minimum Gasteiger partial charge on any atom is -0.490 e. The number of carboxylic acid groups (broad SMARTS) is 1. The largest absolute Gasteiger partial charge is 0.573 e. The third-order valence-corrected chi connectivity index (χ3v) is 10.4. The van der Waals surface area contributed by atoms with E-state index in [1.807, 2.05) is 6.20 Å². The van der Waals surface area contributed by atoms with Crippen molar-refractivity contribution >= 4 is 5.97 Å². The average molecular weight is 669 g/mol. The van der Waals surface area contributed by atoms with Crippen LogP contribution in [0.5, 0.6) is 11.5 Å². The molecule has 2 fully saturated rings. The van der Waals surface area contributed by atoms with Crippen LogP contribution in [0.25, 0.3) is 5.69 Å². The Balaban J connectivity index is 1.09. The van der Waals surface area contributed by atoms with E-state index in [-0.39, 0.29) is 17.8 Å². The molecule has 2 unspecified atom stereocenters. The number of likely N-dealkylation sites (tertiary alicyclic amines) is 1. The topological polar surface area (TPSA) is 89.7 Å². The molecule has 2 aromatic carbocycles. The van der Waals surface area contributed by atoms with Gasteiger partial charge in [-0.05, 0) is 118 Å². The zero-order chi connectivity index (χ0) is 33.8. The van der Waals surface area contributed by atoms with E-state index in [0.717, 1.165) is 99.9 Å². The lowest BCUT2D eigenvalue weighted by atomic mass is 9.81. The molecule has 3 heterocycles. The van der Waals surface area contributed by atoms with Gasteiger partial charge in [-0.3, -0.25) is 9.69 Å². The number of ether oxygens (including phenoxy) is 2. The van der Waals surface area contributed by atoms with Gasteiger partial charge in [-0.15, -0.1) is 18.3 Å². The van der Waals surface area contributed by atoms with Crippen LogP contribution in [0.15, 0.2) is 42.6 Å². The fraction of sp³-hybridized carbons (Fsp3) is 0.595. The van der Waals surface area contributed by atoms with Crippen LogP contribution in [0.4, 0.5) is 13.2 Å². The molecule has 0 bridgehead atoms. The van der Waals surface area contributed by atoms with Crippen molar-refractivity contribution in [3.63, 3.8) is 0 Å². The maximum Gasteiger partial charge on any atom is 0.573 e. The number of alkyl halides is 3. The first-order valence-corrected chi connectivity index (χ1v) is 17.6. The number of aliphatic carboxylic acids is 1. The van der Waals surface area contributed by atoms with Gasteiger partial charge in [-0.1, -0.05) is 50.5 Å². The summed E-state index contributed by atoms with van der Waals surface area (Å²) in [5.74, 6) is 0.200. The Bertz CT molecular complexity index is 1550. The van der Waals surface area contributed by atoms with Gasteiger partial charge in [0.15, 0.2) is 0 Å². The van der Waals surface area contributed by atoms with Crippen molar-refractivity contribution in [1.82, 2.24) is 19.9 Å². The summed E-state index contributed by atoms with van der Waals surface area (Å²) in [7, 11) is 0. The Morgan fingerprint density at radius 1 is 1.06 bits per heavy atom. The highest BCUT2D eigenvalue weighted by atomic mass is 19.4. The number of carbonyl (C=O) groups is 1. The Hall–Kier alpha value is -3.60. The second-order valence-electron chi connectivity index (χ2n) is 14.0. The van der Waals surface area contributed by atoms with Gasteiger partial charge in [-0.2, -0.15) is 0 Å².